The Morgan fingerprint density at radius 1 is 1.21 bits per heavy atom. The molecule has 126 valence electrons. The first-order valence-corrected chi connectivity index (χ1v) is 9.41. The highest BCUT2D eigenvalue weighted by Gasteiger charge is 2.29. The van der Waals surface area contributed by atoms with Gasteiger partial charge < -0.3 is 10.6 Å². The molecule has 1 atom stereocenters. The largest absolute Gasteiger partial charge is 0.347 e. The number of carbonyl (C=O) groups is 1. The van der Waals surface area contributed by atoms with Gasteiger partial charge >= 0.3 is 0 Å². The maximum absolute atomic E-state index is 12.1. The summed E-state index contributed by atoms with van der Waals surface area (Å²) in [5, 5.41) is 5.83. The van der Waals surface area contributed by atoms with Gasteiger partial charge in [-0.3, -0.25) is 4.79 Å². The van der Waals surface area contributed by atoms with Crippen molar-refractivity contribution in [3.05, 3.63) is 47.9 Å². The van der Waals surface area contributed by atoms with E-state index in [4.69, 9.17) is 0 Å². The molecule has 1 unspecified atom stereocenters. The van der Waals surface area contributed by atoms with Crippen LogP contribution in [0.2, 0.25) is 0 Å². The standard InChI is InChI=1S/C16H18N4O3S/c1-11-4-2-3-5-13(11)20-15-9-17-14(8-18-15)16(21)19-12-6-7-24(22,23)10-12/h2-5,8-9,12H,6-7,10H2,1H3,(H,18,20)(H,19,21). The summed E-state index contributed by atoms with van der Waals surface area (Å²) in [5.41, 5.74) is 2.15. The van der Waals surface area contributed by atoms with Crippen LogP contribution in [0, 0.1) is 6.92 Å². The van der Waals surface area contributed by atoms with Crippen LogP contribution >= 0.6 is 0 Å². The Labute approximate surface area is 140 Å². The van der Waals surface area contributed by atoms with E-state index in [1.807, 2.05) is 31.2 Å². The molecule has 3 rings (SSSR count). The van der Waals surface area contributed by atoms with Crippen molar-refractivity contribution in [2.24, 2.45) is 0 Å². The number of benzene rings is 1. The number of para-hydroxylation sites is 1. The van der Waals surface area contributed by atoms with Crippen molar-refractivity contribution in [2.45, 2.75) is 19.4 Å². The minimum absolute atomic E-state index is 0.0148. The zero-order valence-corrected chi connectivity index (χ0v) is 14.0. The molecule has 0 radical (unpaired) electrons. The molecule has 0 bridgehead atoms. The van der Waals surface area contributed by atoms with Crippen molar-refractivity contribution >= 4 is 27.2 Å². The van der Waals surface area contributed by atoms with E-state index >= 15 is 0 Å². The summed E-state index contributed by atoms with van der Waals surface area (Å²) < 4.78 is 22.8. The number of rotatable bonds is 4. The maximum Gasteiger partial charge on any atom is 0.271 e. The minimum Gasteiger partial charge on any atom is -0.347 e. The lowest BCUT2D eigenvalue weighted by molar-refractivity contribution is 0.0935. The molecule has 7 nitrogen and oxygen atoms in total. The Hall–Kier alpha value is -2.48. The van der Waals surface area contributed by atoms with Gasteiger partial charge in [-0.15, -0.1) is 0 Å². The molecule has 8 heteroatoms. The van der Waals surface area contributed by atoms with Crippen molar-refractivity contribution in [1.82, 2.24) is 15.3 Å². The lowest BCUT2D eigenvalue weighted by Gasteiger charge is -2.11. The summed E-state index contributed by atoms with van der Waals surface area (Å²) in [7, 11) is -3.03. The first kappa shape index (κ1) is 16.4. The van der Waals surface area contributed by atoms with Gasteiger partial charge in [0.1, 0.15) is 11.5 Å². The molecule has 1 aromatic carbocycles. The van der Waals surface area contributed by atoms with E-state index in [1.54, 1.807) is 0 Å². The molecule has 0 spiro atoms. The lowest BCUT2D eigenvalue weighted by Crippen LogP contribution is -2.36. The number of hydrogen-bond acceptors (Lipinski definition) is 6. The zero-order valence-electron chi connectivity index (χ0n) is 13.2. The normalized spacial score (nSPS) is 19.0. The van der Waals surface area contributed by atoms with Gasteiger partial charge in [-0.25, -0.2) is 18.4 Å². The lowest BCUT2D eigenvalue weighted by atomic mass is 10.2. The van der Waals surface area contributed by atoms with E-state index < -0.39 is 15.7 Å². The van der Waals surface area contributed by atoms with Crippen LogP contribution < -0.4 is 10.6 Å². The summed E-state index contributed by atoms with van der Waals surface area (Å²) in [5.74, 6) is 0.221. The van der Waals surface area contributed by atoms with Crippen LogP contribution in [0.4, 0.5) is 11.5 Å². The van der Waals surface area contributed by atoms with E-state index in [2.05, 4.69) is 20.6 Å². The monoisotopic (exact) mass is 346 g/mol. The summed E-state index contributed by atoms with van der Waals surface area (Å²) in [4.78, 5) is 20.4. The van der Waals surface area contributed by atoms with Gasteiger partial charge in [0.25, 0.3) is 5.91 Å². The number of carbonyl (C=O) groups excluding carboxylic acids is 1. The smallest absolute Gasteiger partial charge is 0.271 e. The van der Waals surface area contributed by atoms with Gasteiger partial charge in [0, 0.05) is 11.7 Å². The Balaban J connectivity index is 1.64. The predicted octanol–water partition coefficient (Wildman–Crippen LogP) is 1.45. The summed E-state index contributed by atoms with van der Waals surface area (Å²) in [6.45, 7) is 1.98. The highest BCUT2D eigenvalue weighted by atomic mass is 32.2. The van der Waals surface area contributed by atoms with Crippen LogP contribution in [0.1, 0.15) is 22.5 Å². The number of anilines is 2. The molecule has 0 aliphatic carbocycles. The van der Waals surface area contributed by atoms with Crippen molar-refractivity contribution in [2.75, 3.05) is 16.8 Å². The van der Waals surface area contributed by atoms with Crippen LogP contribution in [0.5, 0.6) is 0 Å². The van der Waals surface area contributed by atoms with E-state index in [9.17, 15) is 13.2 Å². The van der Waals surface area contributed by atoms with Crippen LogP contribution in [0.15, 0.2) is 36.7 Å². The molecule has 1 aromatic heterocycles. The highest BCUT2D eigenvalue weighted by molar-refractivity contribution is 7.91. The Morgan fingerprint density at radius 3 is 2.62 bits per heavy atom. The second kappa shape index (κ2) is 6.56. The van der Waals surface area contributed by atoms with E-state index in [-0.39, 0.29) is 23.2 Å². The van der Waals surface area contributed by atoms with Crippen molar-refractivity contribution < 1.29 is 13.2 Å². The fourth-order valence-electron chi connectivity index (χ4n) is 2.53. The first-order chi connectivity index (χ1) is 11.4. The molecule has 1 fully saturated rings. The van der Waals surface area contributed by atoms with E-state index in [1.165, 1.54) is 12.4 Å². The van der Waals surface area contributed by atoms with Crippen molar-refractivity contribution in [3.63, 3.8) is 0 Å². The van der Waals surface area contributed by atoms with Gasteiger partial charge in [0.2, 0.25) is 0 Å². The third kappa shape index (κ3) is 3.88. The quantitative estimate of drug-likeness (QED) is 0.869. The number of aromatic nitrogens is 2. The average molecular weight is 346 g/mol. The first-order valence-electron chi connectivity index (χ1n) is 7.59. The molecule has 0 saturated carbocycles. The molecular weight excluding hydrogens is 328 g/mol. The SMILES string of the molecule is Cc1ccccc1Nc1cnc(C(=O)NC2CCS(=O)(=O)C2)cn1. The van der Waals surface area contributed by atoms with Crippen molar-refractivity contribution in [1.29, 1.82) is 0 Å². The molecule has 1 aliphatic heterocycles. The molecule has 1 saturated heterocycles. The Bertz CT molecular complexity index is 850. The molecule has 1 aliphatic rings. The van der Waals surface area contributed by atoms with E-state index in [0.717, 1.165) is 11.3 Å². The van der Waals surface area contributed by atoms with Crippen LogP contribution in [-0.2, 0) is 9.84 Å². The third-order valence-corrected chi connectivity index (χ3v) is 5.63. The van der Waals surface area contributed by atoms with Gasteiger partial charge in [-0.1, -0.05) is 18.2 Å². The van der Waals surface area contributed by atoms with Crippen LogP contribution in [0.25, 0.3) is 0 Å². The fourth-order valence-corrected chi connectivity index (χ4v) is 4.20. The predicted molar refractivity (Wildman–Crippen MR) is 91.0 cm³/mol. The van der Waals surface area contributed by atoms with Gasteiger partial charge in [-0.2, -0.15) is 0 Å². The number of hydrogen-bond donors (Lipinski definition) is 2. The van der Waals surface area contributed by atoms with Crippen LogP contribution in [-0.4, -0.2) is 41.8 Å². The molecule has 2 heterocycles. The number of amides is 1. The Kier molecular flexibility index (Phi) is 4.48. The second-order valence-corrected chi connectivity index (χ2v) is 8.03. The van der Waals surface area contributed by atoms with E-state index in [0.29, 0.717) is 12.2 Å². The third-order valence-electron chi connectivity index (χ3n) is 3.86. The van der Waals surface area contributed by atoms with Gasteiger partial charge in [-0.05, 0) is 25.0 Å². The molecule has 24 heavy (non-hydrogen) atoms. The van der Waals surface area contributed by atoms with Gasteiger partial charge in [0.05, 0.1) is 23.9 Å². The Morgan fingerprint density at radius 2 is 2.00 bits per heavy atom. The molecule has 1 amide bonds. The van der Waals surface area contributed by atoms with Crippen LogP contribution in [0.3, 0.4) is 0 Å². The summed E-state index contributed by atoms with van der Waals surface area (Å²) >= 11 is 0. The summed E-state index contributed by atoms with van der Waals surface area (Å²) in [6, 6.07) is 7.42. The second-order valence-electron chi connectivity index (χ2n) is 5.80. The number of nitrogens with zero attached hydrogens (tertiary/aromatic N) is 2. The number of sulfone groups is 1. The average Bonchev–Trinajstić information content (AvgIpc) is 2.89. The molecular formula is C16H18N4O3S. The van der Waals surface area contributed by atoms with Crippen molar-refractivity contribution in [3.8, 4) is 0 Å². The molecule has 2 N–H and O–H groups in total. The fraction of sp³-hybridized carbons (Fsp3) is 0.312. The highest BCUT2D eigenvalue weighted by Crippen LogP contribution is 2.18. The maximum atomic E-state index is 12.1. The topological polar surface area (TPSA) is 101 Å². The number of aryl methyl sites for hydroxylation is 1. The van der Waals surface area contributed by atoms with Gasteiger partial charge in [0.15, 0.2) is 9.84 Å². The number of nitrogens with one attached hydrogen (secondary N) is 2. The molecule has 2 aromatic rings. The minimum atomic E-state index is -3.03. The zero-order chi connectivity index (χ0) is 17.2. The summed E-state index contributed by atoms with van der Waals surface area (Å²) in [6.07, 6.45) is 3.29.